The van der Waals surface area contributed by atoms with E-state index >= 15 is 0 Å². The summed E-state index contributed by atoms with van der Waals surface area (Å²) in [6, 6.07) is 2.76. The van der Waals surface area contributed by atoms with Crippen molar-refractivity contribution >= 4 is 76.0 Å². The molecule has 3 N–H and O–H groups in total. The number of aliphatic carboxylic acids is 1. The van der Waals surface area contributed by atoms with Gasteiger partial charge in [-0.25, -0.2) is 4.98 Å². The zero-order valence-electron chi connectivity index (χ0n) is 19.7. The lowest BCUT2D eigenvalue weighted by Crippen LogP contribution is -2.74. The molecule has 4 heterocycles. The summed E-state index contributed by atoms with van der Waals surface area (Å²) in [5.41, 5.74) is 0.806. The molecule has 2 fully saturated rings. The van der Waals surface area contributed by atoms with E-state index in [-0.39, 0.29) is 35.4 Å². The largest absolute Gasteiger partial charge is 0.480 e. The Morgan fingerprint density at radius 3 is 3.00 bits per heavy atom. The molecule has 0 radical (unpaired) electrons. The Bertz CT molecular complexity index is 1290. The Morgan fingerprint density at radius 2 is 2.29 bits per heavy atom. The molecule has 2 aliphatic heterocycles. The van der Waals surface area contributed by atoms with E-state index in [0.29, 0.717) is 6.41 Å². The summed E-state index contributed by atoms with van der Waals surface area (Å²) in [6.07, 6.45) is 6.98. The van der Waals surface area contributed by atoms with Gasteiger partial charge >= 0.3 is 5.97 Å². The summed E-state index contributed by atoms with van der Waals surface area (Å²) in [5, 5.41) is 21.9. The van der Waals surface area contributed by atoms with Crippen molar-refractivity contribution < 1.29 is 29.1 Å². The molecule has 0 aromatic carbocycles. The van der Waals surface area contributed by atoms with Crippen LogP contribution in [0.4, 0.5) is 5.13 Å². The number of carbonyl (C=O) groups is 4. The molecule has 3 atom stereocenters. The number of carboxylic acid groups (broad SMARTS) is 1. The highest BCUT2D eigenvalue weighted by molar-refractivity contribution is 8.06. The molecule has 0 bridgehead atoms. The van der Waals surface area contributed by atoms with Crippen LogP contribution in [0, 0.1) is 0 Å². The summed E-state index contributed by atoms with van der Waals surface area (Å²) in [6.45, 7) is 3.56. The van der Waals surface area contributed by atoms with E-state index in [1.165, 1.54) is 28.1 Å². The molecule has 0 aliphatic carbocycles. The summed E-state index contributed by atoms with van der Waals surface area (Å²) >= 11 is 3.50. The van der Waals surface area contributed by atoms with Crippen LogP contribution in [-0.4, -0.2) is 84.9 Å². The third kappa shape index (κ3) is 5.89. The second-order valence-corrected chi connectivity index (χ2v) is 11.2. The number of oxime groups is 1. The van der Waals surface area contributed by atoms with Crippen LogP contribution < -0.4 is 10.6 Å². The van der Waals surface area contributed by atoms with Crippen molar-refractivity contribution in [1.82, 2.24) is 20.2 Å². The van der Waals surface area contributed by atoms with Crippen LogP contribution in [0.5, 0.6) is 0 Å². The molecule has 3 amide bonds. The van der Waals surface area contributed by atoms with Gasteiger partial charge in [-0.15, -0.1) is 34.9 Å². The Balaban J connectivity index is 1.43. The number of aromatic nitrogens is 2. The van der Waals surface area contributed by atoms with Crippen molar-refractivity contribution in [3.8, 4) is 0 Å². The van der Waals surface area contributed by atoms with Gasteiger partial charge in [-0.3, -0.25) is 24.2 Å². The number of amides is 3. The number of carboxylic acids is 1. The van der Waals surface area contributed by atoms with Crippen LogP contribution in [-0.2, 0) is 24.0 Å². The van der Waals surface area contributed by atoms with Crippen molar-refractivity contribution in [2.75, 3.05) is 24.2 Å². The lowest BCUT2D eigenvalue weighted by Gasteiger charge is -2.53. The van der Waals surface area contributed by atoms with Gasteiger partial charge in [0.15, 0.2) is 10.8 Å². The number of pyridine rings is 1. The molecule has 2 saturated heterocycles. The van der Waals surface area contributed by atoms with Crippen LogP contribution in [0.15, 0.2) is 53.1 Å². The van der Waals surface area contributed by atoms with Crippen LogP contribution in [0.1, 0.15) is 11.3 Å². The topological polar surface area (TPSA) is 163 Å². The molecular weight excluding hydrogens is 552 g/mol. The van der Waals surface area contributed by atoms with E-state index in [9.17, 15) is 24.3 Å². The number of β-lactam (4-membered cyclic amide) rings is 1. The highest BCUT2D eigenvalue weighted by atomic mass is 32.2. The lowest BCUT2D eigenvalue weighted by molar-refractivity contribution is -0.151. The fraction of sp³-hybridized carbons (Fsp3) is 0.261. The predicted octanol–water partition coefficient (Wildman–Crippen LogP) is 1.64. The minimum atomic E-state index is -1.24. The van der Waals surface area contributed by atoms with Crippen molar-refractivity contribution in [2.45, 2.75) is 16.2 Å². The first-order valence-electron chi connectivity index (χ1n) is 11.1. The number of hydrogen-bond donors (Lipinski definition) is 3. The summed E-state index contributed by atoms with van der Waals surface area (Å²) in [5.74, 6) is -1.89. The number of hydrogen-bond acceptors (Lipinski definition) is 11. The molecule has 2 unspecified atom stereocenters. The van der Waals surface area contributed by atoms with Crippen LogP contribution >= 0.6 is 34.9 Å². The Kier molecular flexibility index (Phi) is 8.81. The number of anilines is 1. The van der Waals surface area contributed by atoms with E-state index in [1.807, 2.05) is 6.07 Å². The number of carbonyl (C=O) groups excluding carboxylic acids is 3. The molecule has 2 aliphatic rings. The summed E-state index contributed by atoms with van der Waals surface area (Å²) in [7, 11) is 0. The summed E-state index contributed by atoms with van der Waals surface area (Å²) < 4.78 is -1.24. The van der Waals surface area contributed by atoms with Gasteiger partial charge < -0.3 is 25.5 Å². The van der Waals surface area contributed by atoms with Gasteiger partial charge in [0.05, 0.1) is 0 Å². The van der Waals surface area contributed by atoms with Crippen molar-refractivity contribution in [3.63, 3.8) is 0 Å². The highest BCUT2D eigenvalue weighted by Crippen LogP contribution is 2.44. The van der Waals surface area contributed by atoms with Crippen molar-refractivity contribution in [1.29, 1.82) is 0 Å². The van der Waals surface area contributed by atoms with Gasteiger partial charge in [-0.05, 0) is 23.1 Å². The van der Waals surface area contributed by atoms with Crippen LogP contribution in [0.25, 0.3) is 6.08 Å². The molecular formula is C23H22N6O6S3. The zero-order chi connectivity index (χ0) is 27.1. The fourth-order valence-electron chi connectivity index (χ4n) is 3.59. The number of fused-ring (bicyclic) bond motifs is 1. The predicted molar refractivity (Wildman–Crippen MR) is 146 cm³/mol. The number of nitrogens with one attached hydrogen (secondary N) is 2. The SMILES string of the molecule is C=CCON=C(C(=O)NC1C(=O)N2CC(SC=Cc3cccnc3)(C(=O)O)CS[C@H]12)c1csc(NC=O)n1. The van der Waals surface area contributed by atoms with Gasteiger partial charge in [0.1, 0.15) is 28.5 Å². The zero-order valence-corrected chi connectivity index (χ0v) is 22.1. The minimum absolute atomic E-state index is 0.0105. The monoisotopic (exact) mass is 574 g/mol. The maximum absolute atomic E-state index is 13.1. The van der Waals surface area contributed by atoms with Gasteiger partial charge in [-0.1, -0.05) is 23.9 Å². The number of thiazole rings is 1. The molecule has 0 spiro atoms. The van der Waals surface area contributed by atoms with Crippen molar-refractivity contribution in [2.24, 2.45) is 5.16 Å². The van der Waals surface area contributed by atoms with Crippen LogP contribution in [0.2, 0.25) is 0 Å². The Hall–Kier alpha value is -3.69. The standard InChI is InChI=1S/C23H22N6O6S3/c1-2-7-35-28-16(15-10-36-22(26-15)25-13-30)18(31)27-17-19(32)29-11-23(21(33)34,12-37-20(17)29)38-8-5-14-4-3-6-24-9-14/h2-6,8-10,13,17,20H,1,7,11-12H2,(H,27,31)(H,33,34)(H,25,26,30)/t17?,20-,23?/m1/s1. The van der Waals surface area contributed by atoms with Gasteiger partial charge in [-0.2, -0.15) is 0 Å². The normalized spacial score (nSPS) is 22.8. The first kappa shape index (κ1) is 27.3. The molecule has 0 saturated carbocycles. The first-order chi connectivity index (χ1) is 18.4. The van der Waals surface area contributed by atoms with E-state index < -0.39 is 33.9 Å². The number of rotatable bonds is 12. The molecule has 2 aromatic heterocycles. The van der Waals surface area contributed by atoms with E-state index in [1.54, 1.807) is 29.9 Å². The highest BCUT2D eigenvalue weighted by Gasteiger charge is 2.57. The Morgan fingerprint density at radius 1 is 1.45 bits per heavy atom. The average molecular weight is 575 g/mol. The third-order valence-electron chi connectivity index (χ3n) is 5.46. The second-order valence-electron chi connectivity index (χ2n) is 7.95. The first-order valence-corrected chi connectivity index (χ1v) is 13.9. The molecule has 12 nitrogen and oxygen atoms in total. The fourth-order valence-corrected chi connectivity index (χ4v) is 6.91. The molecule has 38 heavy (non-hydrogen) atoms. The second kappa shape index (κ2) is 12.2. The summed E-state index contributed by atoms with van der Waals surface area (Å²) in [4.78, 5) is 63.7. The Labute approximate surface area is 229 Å². The van der Waals surface area contributed by atoms with Gasteiger partial charge in [0.25, 0.3) is 5.91 Å². The number of thioether (sulfide) groups is 2. The van der Waals surface area contributed by atoms with E-state index in [4.69, 9.17) is 4.84 Å². The maximum atomic E-state index is 13.1. The van der Waals surface area contributed by atoms with E-state index in [2.05, 4.69) is 32.3 Å². The van der Waals surface area contributed by atoms with E-state index in [0.717, 1.165) is 28.7 Å². The lowest BCUT2D eigenvalue weighted by atomic mass is 10.0. The molecule has 198 valence electrons. The van der Waals surface area contributed by atoms with Gasteiger partial charge in [0.2, 0.25) is 12.3 Å². The van der Waals surface area contributed by atoms with Crippen LogP contribution in [0.3, 0.4) is 0 Å². The average Bonchev–Trinajstić information content (AvgIpc) is 3.38. The minimum Gasteiger partial charge on any atom is -0.480 e. The van der Waals surface area contributed by atoms with Gasteiger partial charge in [0, 0.05) is 30.1 Å². The van der Waals surface area contributed by atoms with Crippen molar-refractivity contribution in [3.05, 3.63) is 59.2 Å². The molecule has 2 aromatic rings. The quantitative estimate of drug-likeness (QED) is 0.0848. The number of nitrogens with zero attached hydrogens (tertiary/aromatic N) is 4. The smallest absolute Gasteiger partial charge is 0.322 e. The third-order valence-corrected chi connectivity index (χ3v) is 9.12. The maximum Gasteiger partial charge on any atom is 0.322 e. The molecule has 4 rings (SSSR count). The molecule has 15 heteroatoms.